The molecule has 0 unspecified atom stereocenters. The monoisotopic (exact) mass is 172 g/mol. The molecule has 1 aromatic rings. The van der Waals surface area contributed by atoms with Crippen molar-refractivity contribution in [2.75, 3.05) is 0 Å². The highest BCUT2D eigenvalue weighted by Gasteiger charge is 1.97. The lowest BCUT2D eigenvalue weighted by molar-refractivity contribution is -0.103. The van der Waals surface area contributed by atoms with Gasteiger partial charge in [0.25, 0.3) is 0 Å². The topological polar surface area (TPSA) is 17.1 Å². The standard InChI is InChI=1S/C12H12O/c1-10(2)12-7-3-5-11(9-12)6-4-8-13/h3,5,7-10H,1-2H3. The highest BCUT2D eigenvalue weighted by atomic mass is 16.1. The molecule has 0 amide bonds. The van der Waals surface area contributed by atoms with Crippen LogP contribution in [0.1, 0.15) is 30.9 Å². The van der Waals surface area contributed by atoms with Crippen LogP contribution in [0.25, 0.3) is 0 Å². The van der Waals surface area contributed by atoms with Crippen LogP contribution in [0.3, 0.4) is 0 Å². The van der Waals surface area contributed by atoms with Gasteiger partial charge in [0.1, 0.15) is 0 Å². The van der Waals surface area contributed by atoms with Gasteiger partial charge in [-0.1, -0.05) is 31.9 Å². The number of hydrogen-bond donors (Lipinski definition) is 0. The smallest absolute Gasteiger partial charge is 0.193 e. The van der Waals surface area contributed by atoms with Crippen molar-refractivity contribution >= 4 is 6.29 Å². The van der Waals surface area contributed by atoms with Gasteiger partial charge < -0.3 is 0 Å². The average Bonchev–Trinajstić information content (AvgIpc) is 2.15. The molecule has 1 nitrogen and oxygen atoms in total. The van der Waals surface area contributed by atoms with E-state index in [0.717, 1.165) is 5.56 Å². The Morgan fingerprint density at radius 1 is 1.38 bits per heavy atom. The fraction of sp³-hybridized carbons (Fsp3) is 0.250. The van der Waals surface area contributed by atoms with Crippen LogP contribution < -0.4 is 0 Å². The first-order chi connectivity index (χ1) is 6.24. The highest BCUT2D eigenvalue weighted by molar-refractivity contribution is 5.73. The van der Waals surface area contributed by atoms with Crippen LogP contribution >= 0.6 is 0 Å². The molecule has 0 atom stereocenters. The fourth-order valence-corrected chi connectivity index (χ4v) is 1.09. The number of carbonyl (C=O) groups excluding carboxylic acids is 1. The number of benzene rings is 1. The van der Waals surface area contributed by atoms with Gasteiger partial charge in [-0.05, 0) is 29.5 Å². The zero-order valence-electron chi connectivity index (χ0n) is 7.87. The minimum atomic E-state index is 0.498. The summed E-state index contributed by atoms with van der Waals surface area (Å²) in [5, 5.41) is 0. The van der Waals surface area contributed by atoms with Crippen LogP contribution in [0.5, 0.6) is 0 Å². The van der Waals surface area contributed by atoms with Crippen molar-refractivity contribution in [1.82, 2.24) is 0 Å². The Morgan fingerprint density at radius 2 is 2.15 bits per heavy atom. The number of rotatable bonds is 1. The van der Waals surface area contributed by atoms with Gasteiger partial charge in [-0.15, -0.1) is 0 Å². The average molecular weight is 172 g/mol. The number of hydrogen-bond acceptors (Lipinski definition) is 1. The van der Waals surface area contributed by atoms with E-state index in [0.29, 0.717) is 12.2 Å². The first kappa shape index (κ1) is 9.54. The molecule has 0 bridgehead atoms. The predicted molar refractivity (Wildman–Crippen MR) is 53.5 cm³/mol. The normalized spacial score (nSPS) is 9.15. The summed E-state index contributed by atoms with van der Waals surface area (Å²) < 4.78 is 0. The molecule has 0 saturated heterocycles. The molecular weight excluding hydrogens is 160 g/mol. The molecule has 1 heteroatoms. The molecule has 0 spiro atoms. The molecule has 66 valence electrons. The summed E-state index contributed by atoms with van der Waals surface area (Å²) in [7, 11) is 0. The van der Waals surface area contributed by atoms with Gasteiger partial charge >= 0.3 is 0 Å². The summed E-state index contributed by atoms with van der Waals surface area (Å²) >= 11 is 0. The first-order valence-corrected chi connectivity index (χ1v) is 4.29. The Labute approximate surface area is 78.8 Å². The van der Waals surface area contributed by atoms with Crippen LogP contribution in [0.2, 0.25) is 0 Å². The molecule has 0 aromatic heterocycles. The van der Waals surface area contributed by atoms with E-state index in [9.17, 15) is 4.79 Å². The van der Waals surface area contributed by atoms with Gasteiger partial charge in [0.2, 0.25) is 0 Å². The Balaban J connectivity index is 2.98. The second kappa shape index (κ2) is 4.47. The molecule has 13 heavy (non-hydrogen) atoms. The molecule has 1 rings (SSSR count). The van der Waals surface area contributed by atoms with E-state index in [1.807, 2.05) is 18.2 Å². The van der Waals surface area contributed by atoms with Gasteiger partial charge in [0.15, 0.2) is 6.29 Å². The highest BCUT2D eigenvalue weighted by Crippen LogP contribution is 2.14. The first-order valence-electron chi connectivity index (χ1n) is 4.29. The lowest BCUT2D eigenvalue weighted by Gasteiger charge is -2.04. The van der Waals surface area contributed by atoms with E-state index in [4.69, 9.17) is 0 Å². The van der Waals surface area contributed by atoms with E-state index in [-0.39, 0.29) is 0 Å². The maximum atomic E-state index is 10.0. The summed E-state index contributed by atoms with van der Waals surface area (Å²) in [4.78, 5) is 10.0. The van der Waals surface area contributed by atoms with Gasteiger partial charge in [0.05, 0.1) is 0 Å². The third-order valence-corrected chi connectivity index (χ3v) is 1.83. The third kappa shape index (κ3) is 2.76. The Hall–Kier alpha value is -1.55. The molecular formula is C12H12O. The Bertz CT molecular complexity index is 353. The van der Waals surface area contributed by atoms with Crippen molar-refractivity contribution in [2.45, 2.75) is 19.8 Å². The molecule has 0 heterocycles. The number of aldehydes is 1. The van der Waals surface area contributed by atoms with Crippen molar-refractivity contribution < 1.29 is 4.79 Å². The van der Waals surface area contributed by atoms with Crippen molar-refractivity contribution in [2.24, 2.45) is 0 Å². The van der Waals surface area contributed by atoms with Crippen LogP contribution in [-0.4, -0.2) is 6.29 Å². The van der Waals surface area contributed by atoms with Crippen LogP contribution in [0.15, 0.2) is 24.3 Å². The van der Waals surface area contributed by atoms with Crippen molar-refractivity contribution in [3.05, 3.63) is 35.4 Å². The van der Waals surface area contributed by atoms with Crippen LogP contribution in [0.4, 0.5) is 0 Å². The Kier molecular flexibility index (Phi) is 3.28. The SMILES string of the molecule is CC(C)c1cccc(C#CC=O)c1. The maximum Gasteiger partial charge on any atom is 0.193 e. The maximum absolute atomic E-state index is 10.0. The summed E-state index contributed by atoms with van der Waals surface area (Å²) in [5.41, 5.74) is 2.15. The van der Waals surface area contributed by atoms with E-state index in [1.165, 1.54) is 5.56 Å². The zero-order valence-corrected chi connectivity index (χ0v) is 7.87. The lowest BCUT2D eigenvalue weighted by Crippen LogP contribution is -1.87. The van der Waals surface area contributed by atoms with Crippen molar-refractivity contribution in [3.63, 3.8) is 0 Å². The zero-order chi connectivity index (χ0) is 9.68. The lowest BCUT2D eigenvalue weighted by atomic mass is 10.0. The van der Waals surface area contributed by atoms with Crippen LogP contribution in [-0.2, 0) is 4.79 Å². The molecule has 0 saturated carbocycles. The molecule has 0 radical (unpaired) electrons. The van der Waals surface area contributed by atoms with E-state index >= 15 is 0 Å². The number of carbonyl (C=O) groups is 1. The molecule has 0 fully saturated rings. The second-order valence-corrected chi connectivity index (χ2v) is 3.17. The van der Waals surface area contributed by atoms with Gasteiger partial charge in [0, 0.05) is 5.56 Å². The molecule has 0 aliphatic heterocycles. The van der Waals surface area contributed by atoms with E-state index in [2.05, 4.69) is 31.8 Å². The summed E-state index contributed by atoms with van der Waals surface area (Å²) in [6, 6.07) is 7.95. The third-order valence-electron chi connectivity index (χ3n) is 1.83. The van der Waals surface area contributed by atoms with Crippen molar-refractivity contribution in [3.8, 4) is 11.8 Å². The summed E-state index contributed by atoms with van der Waals surface area (Å²) in [5.74, 6) is 5.67. The largest absolute Gasteiger partial charge is 0.289 e. The molecule has 1 aromatic carbocycles. The molecule has 0 N–H and O–H groups in total. The van der Waals surface area contributed by atoms with E-state index in [1.54, 1.807) is 0 Å². The molecule has 0 aliphatic rings. The van der Waals surface area contributed by atoms with E-state index < -0.39 is 0 Å². The van der Waals surface area contributed by atoms with Gasteiger partial charge in [-0.3, -0.25) is 4.79 Å². The van der Waals surface area contributed by atoms with Crippen LogP contribution in [0, 0.1) is 11.8 Å². The minimum absolute atomic E-state index is 0.498. The van der Waals surface area contributed by atoms with Crippen molar-refractivity contribution in [1.29, 1.82) is 0 Å². The Morgan fingerprint density at radius 3 is 2.77 bits per heavy atom. The quantitative estimate of drug-likeness (QED) is 0.469. The minimum Gasteiger partial charge on any atom is -0.289 e. The predicted octanol–water partition coefficient (Wildman–Crippen LogP) is 2.36. The van der Waals surface area contributed by atoms with Gasteiger partial charge in [-0.2, -0.15) is 0 Å². The fourth-order valence-electron chi connectivity index (χ4n) is 1.09. The molecule has 0 aliphatic carbocycles. The summed E-state index contributed by atoms with van der Waals surface area (Å²) in [6.07, 6.45) is 0.613. The second-order valence-electron chi connectivity index (χ2n) is 3.17. The van der Waals surface area contributed by atoms with Gasteiger partial charge in [-0.25, -0.2) is 0 Å². The summed E-state index contributed by atoms with van der Waals surface area (Å²) in [6.45, 7) is 4.26.